The Bertz CT molecular complexity index is 1100. The Labute approximate surface area is 174 Å². The van der Waals surface area contributed by atoms with Crippen LogP contribution in [-0.4, -0.2) is 18.8 Å². The van der Waals surface area contributed by atoms with E-state index in [1.807, 2.05) is 54.6 Å². The molecule has 3 aromatic rings. The third-order valence-corrected chi connectivity index (χ3v) is 4.99. The van der Waals surface area contributed by atoms with Crippen LogP contribution >= 0.6 is 0 Å². The van der Waals surface area contributed by atoms with Crippen molar-refractivity contribution in [3.8, 4) is 5.75 Å². The predicted octanol–water partition coefficient (Wildman–Crippen LogP) is 4.38. The molecular weight excluding hydrogens is 378 g/mol. The van der Waals surface area contributed by atoms with Crippen LogP contribution in [0.3, 0.4) is 0 Å². The quantitative estimate of drug-likeness (QED) is 0.494. The molecule has 5 heteroatoms. The number of ether oxygens (including phenoxy) is 1. The van der Waals surface area contributed by atoms with Gasteiger partial charge in [0.2, 0.25) is 0 Å². The van der Waals surface area contributed by atoms with E-state index in [0.29, 0.717) is 24.2 Å². The number of Topliss-reactive ketones (excluding diaryl/α,β-unsaturated/α-hetero) is 1. The summed E-state index contributed by atoms with van der Waals surface area (Å²) in [7, 11) is 1.61. The third-order valence-electron chi connectivity index (χ3n) is 4.99. The summed E-state index contributed by atoms with van der Waals surface area (Å²) >= 11 is 0. The van der Waals surface area contributed by atoms with E-state index in [9.17, 15) is 9.59 Å². The standard InChI is InChI=1S/C25H21NO4/c1-29-22-11-12-23-20(15-22)14-21(24(23)27)13-17-7-9-19(10-8-17)25(28)26-30-16-18-5-3-2-4-6-18/h2-13,15H,14,16H2,1H3,(H,26,28)/b21-13-. The number of allylic oxidation sites excluding steroid dienone is 1. The van der Waals surface area contributed by atoms with Crippen LogP contribution in [0.5, 0.6) is 5.75 Å². The van der Waals surface area contributed by atoms with Gasteiger partial charge in [0.25, 0.3) is 5.91 Å². The van der Waals surface area contributed by atoms with E-state index in [2.05, 4.69) is 5.48 Å². The molecule has 0 fully saturated rings. The minimum Gasteiger partial charge on any atom is -0.497 e. The van der Waals surface area contributed by atoms with E-state index in [0.717, 1.165) is 28.0 Å². The number of carbonyl (C=O) groups is 2. The van der Waals surface area contributed by atoms with Gasteiger partial charge in [0.1, 0.15) is 5.75 Å². The minimum absolute atomic E-state index is 0.0313. The highest BCUT2D eigenvalue weighted by molar-refractivity contribution is 6.15. The highest BCUT2D eigenvalue weighted by Crippen LogP contribution is 2.30. The number of fused-ring (bicyclic) bond motifs is 1. The Morgan fingerprint density at radius 1 is 1.03 bits per heavy atom. The Balaban J connectivity index is 1.39. The van der Waals surface area contributed by atoms with Crippen LogP contribution in [0.2, 0.25) is 0 Å². The molecule has 0 saturated heterocycles. The minimum atomic E-state index is -0.318. The van der Waals surface area contributed by atoms with E-state index >= 15 is 0 Å². The lowest BCUT2D eigenvalue weighted by atomic mass is 10.1. The fraction of sp³-hybridized carbons (Fsp3) is 0.120. The van der Waals surface area contributed by atoms with Gasteiger partial charge >= 0.3 is 0 Å². The third kappa shape index (κ3) is 4.31. The largest absolute Gasteiger partial charge is 0.497 e. The van der Waals surface area contributed by atoms with E-state index in [4.69, 9.17) is 9.57 Å². The van der Waals surface area contributed by atoms with Crippen molar-refractivity contribution in [1.29, 1.82) is 0 Å². The zero-order valence-electron chi connectivity index (χ0n) is 16.6. The molecule has 1 aliphatic carbocycles. The number of hydrogen-bond acceptors (Lipinski definition) is 4. The van der Waals surface area contributed by atoms with Crippen molar-refractivity contribution in [2.24, 2.45) is 0 Å². The summed E-state index contributed by atoms with van der Waals surface area (Å²) in [6, 6.07) is 22.2. The molecule has 0 spiro atoms. The molecule has 150 valence electrons. The molecule has 0 heterocycles. The van der Waals surface area contributed by atoms with Crippen LogP contribution < -0.4 is 10.2 Å². The van der Waals surface area contributed by atoms with Gasteiger partial charge < -0.3 is 4.74 Å². The van der Waals surface area contributed by atoms with Gasteiger partial charge in [-0.15, -0.1) is 0 Å². The van der Waals surface area contributed by atoms with Crippen LogP contribution in [0.4, 0.5) is 0 Å². The molecule has 3 aromatic carbocycles. The molecule has 0 unspecified atom stereocenters. The molecule has 0 bridgehead atoms. The Morgan fingerprint density at radius 2 is 1.80 bits per heavy atom. The van der Waals surface area contributed by atoms with Crippen LogP contribution in [0.25, 0.3) is 6.08 Å². The van der Waals surface area contributed by atoms with Crippen LogP contribution in [0.1, 0.15) is 37.4 Å². The number of methoxy groups -OCH3 is 1. The summed E-state index contributed by atoms with van der Waals surface area (Å²) < 4.78 is 5.24. The van der Waals surface area contributed by atoms with E-state index in [1.165, 1.54) is 0 Å². The van der Waals surface area contributed by atoms with Crippen molar-refractivity contribution < 1.29 is 19.2 Å². The first-order valence-electron chi connectivity index (χ1n) is 9.62. The molecule has 0 atom stereocenters. The maximum absolute atomic E-state index is 12.6. The molecule has 0 saturated carbocycles. The van der Waals surface area contributed by atoms with Crippen molar-refractivity contribution in [2.75, 3.05) is 7.11 Å². The lowest BCUT2D eigenvalue weighted by Crippen LogP contribution is -2.23. The average molecular weight is 399 g/mol. The Hall–Kier alpha value is -3.70. The number of rotatable bonds is 6. The lowest BCUT2D eigenvalue weighted by molar-refractivity contribution is 0.0233. The Kier molecular flexibility index (Phi) is 5.72. The highest BCUT2D eigenvalue weighted by Gasteiger charge is 2.25. The monoisotopic (exact) mass is 399 g/mol. The zero-order valence-corrected chi connectivity index (χ0v) is 16.6. The summed E-state index contributed by atoms with van der Waals surface area (Å²) in [6.45, 7) is 0.296. The molecule has 4 rings (SSSR count). The molecule has 5 nitrogen and oxygen atoms in total. The molecule has 0 radical (unpaired) electrons. The van der Waals surface area contributed by atoms with E-state index in [-0.39, 0.29) is 11.7 Å². The second-order valence-electron chi connectivity index (χ2n) is 7.03. The van der Waals surface area contributed by atoms with Crippen molar-refractivity contribution >= 4 is 17.8 Å². The van der Waals surface area contributed by atoms with Gasteiger partial charge in [0.05, 0.1) is 13.7 Å². The molecule has 1 amide bonds. The van der Waals surface area contributed by atoms with E-state index in [1.54, 1.807) is 31.4 Å². The fourth-order valence-corrected chi connectivity index (χ4v) is 3.39. The van der Waals surface area contributed by atoms with Crippen LogP contribution in [-0.2, 0) is 17.9 Å². The van der Waals surface area contributed by atoms with Gasteiger partial charge in [-0.3, -0.25) is 14.4 Å². The summed E-state index contributed by atoms with van der Waals surface area (Å²) in [5, 5.41) is 0. The smallest absolute Gasteiger partial charge is 0.274 e. The molecular formula is C25H21NO4. The van der Waals surface area contributed by atoms with Gasteiger partial charge in [-0.25, -0.2) is 5.48 Å². The van der Waals surface area contributed by atoms with Crippen LogP contribution in [0, 0.1) is 0 Å². The van der Waals surface area contributed by atoms with Crippen molar-refractivity contribution in [3.63, 3.8) is 0 Å². The zero-order chi connectivity index (χ0) is 20.9. The maximum atomic E-state index is 12.6. The first-order valence-corrected chi connectivity index (χ1v) is 9.62. The number of nitrogens with one attached hydrogen (secondary N) is 1. The number of benzene rings is 3. The number of carbonyl (C=O) groups excluding carboxylic acids is 2. The predicted molar refractivity (Wildman–Crippen MR) is 114 cm³/mol. The number of ketones is 1. The highest BCUT2D eigenvalue weighted by atomic mass is 16.6. The average Bonchev–Trinajstić information content (AvgIpc) is 3.09. The van der Waals surface area contributed by atoms with Gasteiger partial charge in [0.15, 0.2) is 5.78 Å². The van der Waals surface area contributed by atoms with Gasteiger partial charge in [-0.2, -0.15) is 0 Å². The maximum Gasteiger partial charge on any atom is 0.274 e. The second-order valence-corrected chi connectivity index (χ2v) is 7.03. The van der Waals surface area contributed by atoms with Gasteiger partial charge in [-0.1, -0.05) is 42.5 Å². The SMILES string of the molecule is COc1ccc2c(c1)C/C(=C/c1ccc(C(=O)NOCc3ccccc3)cc1)C2=O. The second kappa shape index (κ2) is 8.76. The van der Waals surface area contributed by atoms with Gasteiger partial charge in [0, 0.05) is 23.1 Å². The molecule has 1 N–H and O–H groups in total. The number of hydrogen-bond donors (Lipinski definition) is 1. The summed E-state index contributed by atoms with van der Waals surface area (Å²) in [4.78, 5) is 30.1. The first-order chi connectivity index (χ1) is 14.6. The molecule has 1 aliphatic rings. The topological polar surface area (TPSA) is 64.6 Å². The molecule has 30 heavy (non-hydrogen) atoms. The molecule has 0 aliphatic heterocycles. The normalized spacial score (nSPS) is 13.9. The Morgan fingerprint density at radius 3 is 2.53 bits per heavy atom. The lowest BCUT2D eigenvalue weighted by Gasteiger charge is -2.06. The van der Waals surface area contributed by atoms with Crippen molar-refractivity contribution in [3.05, 3.63) is 106 Å². The number of hydroxylamine groups is 1. The van der Waals surface area contributed by atoms with Crippen molar-refractivity contribution in [1.82, 2.24) is 5.48 Å². The number of amides is 1. The van der Waals surface area contributed by atoms with E-state index < -0.39 is 0 Å². The van der Waals surface area contributed by atoms with Crippen molar-refractivity contribution in [2.45, 2.75) is 13.0 Å². The summed E-state index contributed by atoms with van der Waals surface area (Å²) in [6.07, 6.45) is 2.43. The first kappa shape index (κ1) is 19.6. The summed E-state index contributed by atoms with van der Waals surface area (Å²) in [5.41, 5.74) is 7.17. The van der Waals surface area contributed by atoms with Crippen LogP contribution in [0.15, 0.2) is 78.4 Å². The van der Waals surface area contributed by atoms with Gasteiger partial charge in [-0.05, 0) is 53.1 Å². The summed E-state index contributed by atoms with van der Waals surface area (Å²) in [5.74, 6) is 0.456. The molecule has 0 aromatic heterocycles. The fourth-order valence-electron chi connectivity index (χ4n) is 3.39.